The molecule has 0 fully saturated rings. The van der Waals surface area contributed by atoms with Gasteiger partial charge < -0.3 is 10.1 Å². The number of halogens is 2. The quantitative estimate of drug-likeness (QED) is 0.922. The minimum absolute atomic E-state index is 0.222. The molecule has 108 valence electrons. The maximum absolute atomic E-state index is 13.2. The number of amides is 1. The molecule has 1 amide bonds. The fourth-order valence-corrected chi connectivity index (χ4v) is 2.34. The Kier molecular flexibility index (Phi) is 3.56. The second-order valence-electron chi connectivity index (χ2n) is 4.96. The minimum atomic E-state index is -0.428. The largest absolute Gasteiger partial charge is 0.492 e. The smallest absolute Gasteiger partial charge is 0.231 e. The van der Waals surface area contributed by atoms with Crippen molar-refractivity contribution in [2.75, 3.05) is 11.9 Å². The molecule has 21 heavy (non-hydrogen) atoms. The van der Waals surface area contributed by atoms with E-state index in [1.807, 2.05) is 0 Å². The van der Waals surface area contributed by atoms with Crippen molar-refractivity contribution < 1.29 is 18.3 Å². The molecule has 1 heterocycles. The highest BCUT2D eigenvalue weighted by molar-refractivity contribution is 5.93. The average molecular weight is 289 g/mol. The predicted octanol–water partition coefficient (Wildman–Crippen LogP) is 3.15. The van der Waals surface area contributed by atoms with E-state index in [9.17, 15) is 13.6 Å². The molecular formula is C16H13F2NO2. The van der Waals surface area contributed by atoms with Gasteiger partial charge in [0.05, 0.1) is 5.92 Å². The average Bonchev–Trinajstić information content (AvgIpc) is 2.46. The number of carbonyl (C=O) groups is 1. The zero-order chi connectivity index (χ0) is 14.8. The molecule has 0 saturated heterocycles. The van der Waals surface area contributed by atoms with Crippen molar-refractivity contribution in [2.24, 2.45) is 5.92 Å². The summed E-state index contributed by atoms with van der Waals surface area (Å²) in [6, 6.07) is 9.94. The first kappa shape index (κ1) is 13.5. The zero-order valence-corrected chi connectivity index (χ0v) is 11.1. The number of nitrogens with one attached hydrogen (secondary N) is 1. The SMILES string of the molecule is O=C(Nc1cccc(F)c1)C1COc2ccc(F)cc2C1. The van der Waals surface area contributed by atoms with Gasteiger partial charge in [-0.15, -0.1) is 0 Å². The summed E-state index contributed by atoms with van der Waals surface area (Å²) in [6.07, 6.45) is 0.397. The second kappa shape index (κ2) is 5.52. The van der Waals surface area contributed by atoms with Crippen molar-refractivity contribution in [2.45, 2.75) is 6.42 Å². The van der Waals surface area contributed by atoms with Gasteiger partial charge in [0.1, 0.15) is 24.0 Å². The highest BCUT2D eigenvalue weighted by atomic mass is 19.1. The van der Waals surface area contributed by atoms with E-state index < -0.39 is 11.7 Å². The van der Waals surface area contributed by atoms with E-state index in [2.05, 4.69) is 5.32 Å². The first-order chi connectivity index (χ1) is 10.1. The van der Waals surface area contributed by atoms with Crippen LogP contribution in [0, 0.1) is 17.6 Å². The molecular weight excluding hydrogens is 276 g/mol. The number of ether oxygens (including phenoxy) is 1. The van der Waals surface area contributed by atoms with Gasteiger partial charge >= 0.3 is 0 Å². The number of hydrogen-bond acceptors (Lipinski definition) is 2. The molecule has 2 aromatic carbocycles. The Balaban J connectivity index is 1.72. The van der Waals surface area contributed by atoms with Gasteiger partial charge in [-0.25, -0.2) is 8.78 Å². The van der Waals surface area contributed by atoms with Crippen molar-refractivity contribution in [1.82, 2.24) is 0 Å². The number of benzene rings is 2. The standard InChI is InChI=1S/C16H13F2NO2/c17-12-2-1-3-14(8-12)19-16(20)11-6-10-7-13(18)4-5-15(10)21-9-11/h1-5,7-8,11H,6,9H2,(H,19,20). The van der Waals surface area contributed by atoms with E-state index in [-0.39, 0.29) is 18.3 Å². The first-order valence-corrected chi connectivity index (χ1v) is 6.59. The Morgan fingerprint density at radius 1 is 1.14 bits per heavy atom. The molecule has 0 spiro atoms. The molecule has 0 saturated carbocycles. The number of rotatable bonds is 2. The fourth-order valence-electron chi connectivity index (χ4n) is 2.34. The molecule has 3 nitrogen and oxygen atoms in total. The van der Waals surface area contributed by atoms with Crippen LogP contribution in [0.1, 0.15) is 5.56 Å². The summed E-state index contributed by atoms with van der Waals surface area (Å²) in [6.45, 7) is 0.222. The van der Waals surface area contributed by atoms with Gasteiger partial charge in [-0.05, 0) is 48.4 Å². The van der Waals surface area contributed by atoms with Crippen LogP contribution < -0.4 is 10.1 Å². The molecule has 0 aliphatic carbocycles. The van der Waals surface area contributed by atoms with Gasteiger partial charge in [0.25, 0.3) is 0 Å². The molecule has 0 bridgehead atoms. The number of carbonyl (C=O) groups excluding carboxylic acids is 1. The molecule has 1 unspecified atom stereocenters. The molecule has 1 aliphatic rings. The third kappa shape index (κ3) is 3.02. The van der Waals surface area contributed by atoms with E-state index in [0.29, 0.717) is 23.4 Å². The molecule has 1 N–H and O–H groups in total. The minimum Gasteiger partial charge on any atom is -0.492 e. The Morgan fingerprint density at radius 2 is 1.95 bits per heavy atom. The zero-order valence-electron chi connectivity index (χ0n) is 11.1. The highest BCUT2D eigenvalue weighted by Crippen LogP contribution is 2.28. The van der Waals surface area contributed by atoms with Crippen molar-refractivity contribution in [1.29, 1.82) is 0 Å². The lowest BCUT2D eigenvalue weighted by molar-refractivity contribution is -0.121. The van der Waals surface area contributed by atoms with E-state index in [0.717, 1.165) is 0 Å². The van der Waals surface area contributed by atoms with Crippen LogP contribution in [-0.2, 0) is 11.2 Å². The number of fused-ring (bicyclic) bond motifs is 1. The maximum Gasteiger partial charge on any atom is 0.231 e. The van der Waals surface area contributed by atoms with Crippen LogP contribution in [0.3, 0.4) is 0 Å². The predicted molar refractivity (Wildman–Crippen MR) is 74.1 cm³/mol. The topological polar surface area (TPSA) is 38.3 Å². The number of hydrogen-bond donors (Lipinski definition) is 1. The van der Waals surface area contributed by atoms with Crippen molar-refractivity contribution in [3.63, 3.8) is 0 Å². The van der Waals surface area contributed by atoms with Crippen LogP contribution in [-0.4, -0.2) is 12.5 Å². The molecule has 3 rings (SSSR count). The first-order valence-electron chi connectivity index (χ1n) is 6.59. The summed E-state index contributed by atoms with van der Waals surface area (Å²) in [5.41, 5.74) is 1.06. The van der Waals surface area contributed by atoms with Crippen LogP contribution in [0.5, 0.6) is 5.75 Å². The molecule has 0 aromatic heterocycles. The fraction of sp³-hybridized carbons (Fsp3) is 0.188. The summed E-state index contributed by atoms with van der Waals surface area (Å²) in [5, 5.41) is 2.65. The van der Waals surface area contributed by atoms with Gasteiger partial charge in [0.2, 0.25) is 5.91 Å². The van der Waals surface area contributed by atoms with Gasteiger partial charge in [-0.2, -0.15) is 0 Å². The van der Waals surface area contributed by atoms with Gasteiger partial charge in [0.15, 0.2) is 0 Å². The summed E-state index contributed by atoms with van der Waals surface area (Å²) in [7, 11) is 0. The molecule has 1 aliphatic heterocycles. The van der Waals surface area contributed by atoms with E-state index in [1.165, 1.54) is 30.3 Å². The van der Waals surface area contributed by atoms with Crippen molar-refractivity contribution >= 4 is 11.6 Å². The molecule has 2 aromatic rings. The van der Waals surface area contributed by atoms with Crippen LogP contribution in [0.25, 0.3) is 0 Å². The van der Waals surface area contributed by atoms with E-state index in [4.69, 9.17) is 4.74 Å². The van der Waals surface area contributed by atoms with Crippen LogP contribution >= 0.6 is 0 Å². The highest BCUT2D eigenvalue weighted by Gasteiger charge is 2.26. The Labute approximate surface area is 120 Å². The normalized spacial score (nSPS) is 16.8. The summed E-state index contributed by atoms with van der Waals surface area (Å²) in [4.78, 5) is 12.2. The Bertz CT molecular complexity index is 688. The summed E-state index contributed by atoms with van der Waals surface area (Å²) >= 11 is 0. The van der Waals surface area contributed by atoms with E-state index in [1.54, 1.807) is 12.1 Å². The monoisotopic (exact) mass is 289 g/mol. The lowest BCUT2D eigenvalue weighted by Gasteiger charge is -2.24. The third-order valence-corrected chi connectivity index (χ3v) is 3.39. The molecule has 1 atom stereocenters. The van der Waals surface area contributed by atoms with Gasteiger partial charge in [-0.3, -0.25) is 4.79 Å². The van der Waals surface area contributed by atoms with Crippen LogP contribution in [0.15, 0.2) is 42.5 Å². The Hall–Kier alpha value is -2.43. The van der Waals surface area contributed by atoms with Gasteiger partial charge in [0, 0.05) is 5.69 Å². The lowest BCUT2D eigenvalue weighted by atomic mass is 9.96. The maximum atomic E-state index is 13.2. The van der Waals surface area contributed by atoms with Gasteiger partial charge in [-0.1, -0.05) is 6.07 Å². The van der Waals surface area contributed by atoms with Crippen LogP contribution in [0.2, 0.25) is 0 Å². The summed E-state index contributed by atoms with van der Waals surface area (Å²) in [5.74, 6) is -0.868. The second-order valence-corrected chi connectivity index (χ2v) is 4.96. The van der Waals surface area contributed by atoms with Crippen LogP contribution in [0.4, 0.5) is 14.5 Å². The van der Waals surface area contributed by atoms with Crippen molar-refractivity contribution in [3.05, 3.63) is 59.7 Å². The number of anilines is 1. The van der Waals surface area contributed by atoms with Crippen molar-refractivity contribution in [3.8, 4) is 5.75 Å². The van der Waals surface area contributed by atoms with E-state index >= 15 is 0 Å². The summed E-state index contributed by atoms with van der Waals surface area (Å²) < 4.78 is 31.8. The lowest BCUT2D eigenvalue weighted by Crippen LogP contribution is -2.32. The molecule has 5 heteroatoms. The Morgan fingerprint density at radius 3 is 2.76 bits per heavy atom. The third-order valence-electron chi connectivity index (χ3n) is 3.39. The molecule has 0 radical (unpaired) electrons.